The minimum absolute atomic E-state index is 0.204. The van der Waals surface area contributed by atoms with Crippen LogP contribution in [0.1, 0.15) is 11.3 Å². The average Bonchev–Trinajstić information content (AvgIpc) is 2.51. The van der Waals surface area contributed by atoms with E-state index in [-0.39, 0.29) is 16.7 Å². The van der Waals surface area contributed by atoms with Gasteiger partial charge in [0.15, 0.2) is 5.16 Å². The second kappa shape index (κ2) is 7.56. The first-order valence-electron chi connectivity index (χ1n) is 6.95. The smallest absolute Gasteiger partial charge is 0.384 e. The van der Waals surface area contributed by atoms with Gasteiger partial charge in [0, 0.05) is 23.9 Å². The zero-order valence-corrected chi connectivity index (χ0v) is 14.0. The van der Waals surface area contributed by atoms with Gasteiger partial charge in [-0.3, -0.25) is 14.9 Å². The third-order valence-corrected chi connectivity index (χ3v) is 3.83. The van der Waals surface area contributed by atoms with Crippen LogP contribution in [0.25, 0.3) is 0 Å². The number of carbonyl (C=O) groups is 1. The van der Waals surface area contributed by atoms with Gasteiger partial charge >= 0.3 is 6.18 Å². The molecule has 1 aromatic carbocycles. The molecule has 0 radical (unpaired) electrons. The molecule has 8 nitrogen and oxygen atoms in total. The number of rotatable bonds is 5. The van der Waals surface area contributed by atoms with E-state index in [1.165, 1.54) is 6.07 Å². The van der Waals surface area contributed by atoms with Crippen molar-refractivity contribution in [3.05, 3.63) is 45.6 Å². The summed E-state index contributed by atoms with van der Waals surface area (Å²) in [6.45, 7) is 1.68. The fraction of sp³-hybridized carbons (Fsp3) is 0.214. The molecule has 0 fully saturated rings. The maximum Gasteiger partial charge on any atom is 0.418 e. The van der Waals surface area contributed by atoms with E-state index < -0.39 is 33.9 Å². The predicted octanol–water partition coefficient (Wildman–Crippen LogP) is 3.03. The molecule has 138 valence electrons. The number of amides is 1. The number of alkyl halides is 3. The van der Waals surface area contributed by atoms with E-state index in [0.29, 0.717) is 11.8 Å². The van der Waals surface area contributed by atoms with Crippen LogP contribution in [-0.4, -0.2) is 26.6 Å². The van der Waals surface area contributed by atoms with Crippen LogP contribution in [0.4, 0.5) is 30.4 Å². The standard InChI is InChI=1S/C14H12F3N5O3S/c1-7-4-11(18)21-13(19-7)26-6-12(23)20-10-3-2-8(22(24)25)5-9(10)14(15,16)17/h2-5H,6H2,1H3,(H,20,23)(H2,18,19,21). The summed E-state index contributed by atoms with van der Waals surface area (Å²) >= 11 is 0.894. The molecule has 0 unspecified atom stereocenters. The maximum absolute atomic E-state index is 13.1. The molecular weight excluding hydrogens is 375 g/mol. The lowest BCUT2D eigenvalue weighted by Gasteiger charge is -2.13. The molecule has 2 rings (SSSR count). The number of nitrogens with zero attached hydrogens (tertiary/aromatic N) is 3. The molecule has 26 heavy (non-hydrogen) atoms. The Kier molecular flexibility index (Phi) is 5.65. The lowest BCUT2D eigenvalue weighted by molar-refractivity contribution is -0.385. The number of aromatic nitrogens is 2. The normalized spacial score (nSPS) is 11.2. The van der Waals surface area contributed by atoms with Gasteiger partial charge in [-0.05, 0) is 13.0 Å². The molecule has 3 N–H and O–H groups in total. The number of anilines is 2. The van der Waals surface area contributed by atoms with Gasteiger partial charge in [0.2, 0.25) is 5.91 Å². The number of nitro benzene ring substituents is 1. The lowest BCUT2D eigenvalue weighted by Crippen LogP contribution is -2.18. The predicted molar refractivity (Wildman–Crippen MR) is 88.6 cm³/mol. The summed E-state index contributed by atoms with van der Waals surface area (Å²) in [7, 11) is 0. The molecule has 0 bridgehead atoms. The van der Waals surface area contributed by atoms with Gasteiger partial charge in [0.05, 0.1) is 21.9 Å². The summed E-state index contributed by atoms with van der Waals surface area (Å²) in [4.78, 5) is 29.6. The molecular formula is C14H12F3N5O3S. The van der Waals surface area contributed by atoms with E-state index in [1.807, 2.05) is 0 Å². The van der Waals surface area contributed by atoms with E-state index in [4.69, 9.17) is 5.73 Å². The first kappa shape index (κ1) is 19.4. The lowest BCUT2D eigenvalue weighted by atomic mass is 10.1. The van der Waals surface area contributed by atoms with Crippen molar-refractivity contribution in [2.45, 2.75) is 18.3 Å². The van der Waals surface area contributed by atoms with Gasteiger partial charge in [-0.15, -0.1) is 0 Å². The SMILES string of the molecule is Cc1cc(N)nc(SCC(=O)Nc2ccc([N+](=O)[O-])cc2C(F)(F)F)n1. The number of nitrogens with two attached hydrogens (primary N) is 1. The highest BCUT2D eigenvalue weighted by atomic mass is 32.2. The zero-order chi connectivity index (χ0) is 19.5. The highest BCUT2D eigenvalue weighted by Crippen LogP contribution is 2.37. The van der Waals surface area contributed by atoms with Crippen LogP contribution < -0.4 is 11.1 Å². The molecule has 0 saturated heterocycles. The molecule has 12 heteroatoms. The van der Waals surface area contributed by atoms with Gasteiger partial charge in [0.25, 0.3) is 5.69 Å². The molecule has 0 aliphatic heterocycles. The molecule has 2 aromatic rings. The van der Waals surface area contributed by atoms with Crippen molar-refractivity contribution in [1.82, 2.24) is 9.97 Å². The van der Waals surface area contributed by atoms with E-state index in [1.54, 1.807) is 6.92 Å². The molecule has 1 heterocycles. The summed E-state index contributed by atoms with van der Waals surface area (Å²) in [6.07, 6.45) is -4.87. The van der Waals surface area contributed by atoms with Crippen LogP contribution >= 0.6 is 11.8 Å². The number of benzene rings is 1. The molecule has 0 aliphatic carbocycles. The average molecular weight is 387 g/mol. The molecule has 1 amide bonds. The van der Waals surface area contributed by atoms with Crippen LogP contribution in [0.15, 0.2) is 29.4 Å². The Morgan fingerprint density at radius 3 is 2.62 bits per heavy atom. The van der Waals surface area contributed by atoms with Crippen LogP contribution in [0.5, 0.6) is 0 Å². The number of non-ortho nitro benzene ring substituents is 1. The second-order valence-corrected chi connectivity index (χ2v) is 5.98. The van der Waals surface area contributed by atoms with Crippen molar-refractivity contribution in [3.8, 4) is 0 Å². The fourth-order valence-corrected chi connectivity index (χ4v) is 2.65. The molecule has 0 spiro atoms. The Hall–Kier alpha value is -2.89. The first-order chi connectivity index (χ1) is 12.1. The summed E-state index contributed by atoms with van der Waals surface area (Å²) in [5.74, 6) is -0.815. The van der Waals surface area contributed by atoms with Crippen molar-refractivity contribution >= 4 is 34.9 Å². The fourth-order valence-electron chi connectivity index (χ4n) is 1.94. The third kappa shape index (κ3) is 5.05. The van der Waals surface area contributed by atoms with Gasteiger partial charge < -0.3 is 11.1 Å². The number of hydrogen-bond acceptors (Lipinski definition) is 7. The third-order valence-electron chi connectivity index (χ3n) is 2.98. The Morgan fingerprint density at radius 1 is 1.35 bits per heavy atom. The Bertz CT molecular complexity index is 840. The Balaban J connectivity index is 2.14. The van der Waals surface area contributed by atoms with E-state index in [2.05, 4.69) is 15.3 Å². The molecule has 0 saturated carbocycles. The molecule has 0 aliphatic rings. The number of carbonyl (C=O) groups excluding carboxylic acids is 1. The minimum atomic E-state index is -4.87. The maximum atomic E-state index is 13.1. The minimum Gasteiger partial charge on any atom is -0.384 e. The van der Waals surface area contributed by atoms with E-state index >= 15 is 0 Å². The first-order valence-corrected chi connectivity index (χ1v) is 7.94. The topological polar surface area (TPSA) is 124 Å². The van der Waals surface area contributed by atoms with Gasteiger partial charge in [-0.2, -0.15) is 13.2 Å². The number of nitrogen functional groups attached to an aromatic ring is 1. The van der Waals surface area contributed by atoms with E-state index in [9.17, 15) is 28.1 Å². The Labute approximate surface area is 149 Å². The number of thioether (sulfide) groups is 1. The quantitative estimate of drug-likeness (QED) is 0.350. The highest BCUT2D eigenvalue weighted by molar-refractivity contribution is 7.99. The van der Waals surface area contributed by atoms with Gasteiger partial charge in [-0.1, -0.05) is 11.8 Å². The van der Waals surface area contributed by atoms with E-state index in [0.717, 1.165) is 23.9 Å². The number of halogens is 3. The number of nitro groups is 1. The summed E-state index contributed by atoms with van der Waals surface area (Å²) in [6, 6.07) is 3.61. The van der Waals surface area contributed by atoms with Crippen molar-refractivity contribution in [1.29, 1.82) is 0 Å². The van der Waals surface area contributed by atoms with Crippen LogP contribution in [0, 0.1) is 17.0 Å². The number of hydrogen-bond donors (Lipinski definition) is 2. The monoisotopic (exact) mass is 387 g/mol. The molecule has 1 aromatic heterocycles. The summed E-state index contributed by atoms with van der Waals surface area (Å²) in [5.41, 5.74) is 3.53. The highest BCUT2D eigenvalue weighted by Gasteiger charge is 2.35. The van der Waals surface area contributed by atoms with Crippen LogP contribution in [-0.2, 0) is 11.0 Å². The zero-order valence-electron chi connectivity index (χ0n) is 13.2. The van der Waals surface area contributed by atoms with Gasteiger partial charge in [-0.25, -0.2) is 9.97 Å². The summed E-state index contributed by atoms with van der Waals surface area (Å²) in [5, 5.41) is 13.0. The van der Waals surface area contributed by atoms with Crippen molar-refractivity contribution in [2.75, 3.05) is 16.8 Å². The Morgan fingerprint density at radius 2 is 2.04 bits per heavy atom. The van der Waals surface area contributed by atoms with Crippen LogP contribution in [0.2, 0.25) is 0 Å². The largest absolute Gasteiger partial charge is 0.418 e. The van der Waals surface area contributed by atoms with Crippen molar-refractivity contribution in [2.24, 2.45) is 0 Å². The van der Waals surface area contributed by atoms with Crippen LogP contribution in [0.3, 0.4) is 0 Å². The van der Waals surface area contributed by atoms with Gasteiger partial charge in [0.1, 0.15) is 5.82 Å². The number of nitrogens with one attached hydrogen (secondary N) is 1. The van der Waals surface area contributed by atoms with Crippen molar-refractivity contribution < 1.29 is 22.9 Å². The molecule has 0 atom stereocenters. The van der Waals surface area contributed by atoms with Crippen molar-refractivity contribution in [3.63, 3.8) is 0 Å². The second-order valence-electron chi connectivity index (χ2n) is 5.04. The summed E-state index contributed by atoms with van der Waals surface area (Å²) < 4.78 is 39.2. The number of aryl methyl sites for hydroxylation is 1.